The monoisotopic (exact) mass is 250 g/mol. The average molecular weight is 250 g/mol. The molecular formula is C13H15FN2O2. The van der Waals surface area contributed by atoms with Crippen LogP contribution in [0.5, 0.6) is 0 Å². The Morgan fingerprint density at radius 2 is 2.22 bits per heavy atom. The molecule has 1 atom stereocenters. The summed E-state index contributed by atoms with van der Waals surface area (Å²) in [5, 5.41) is 12.2. The SMILES string of the molecule is O=C(O)N1CC(NC2CCc3cc(F)ccc32)C1. The van der Waals surface area contributed by atoms with E-state index in [1.54, 1.807) is 6.07 Å². The number of nitrogens with zero attached hydrogens (tertiary/aromatic N) is 1. The van der Waals surface area contributed by atoms with Gasteiger partial charge in [-0.1, -0.05) is 6.07 Å². The fourth-order valence-corrected chi connectivity index (χ4v) is 2.78. The topological polar surface area (TPSA) is 52.6 Å². The fraction of sp³-hybridized carbons (Fsp3) is 0.462. The number of rotatable bonds is 2. The van der Waals surface area contributed by atoms with Gasteiger partial charge in [-0.3, -0.25) is 0 Å². The minimum atomic E-state index is -0.859. The highest BCUT2D eigenvalue weighted by Gasteiger charge is 2.33. The lowest BCUT2D eigenvalue weighted by molar-refractivity contribution is 0.0919. The number of amides is 1. The van der Waals surface area contributed by atoms with Crippen molar-refractivity contribution in [3.05, 3.63) is 35.1 Å². The van der Waals surface area contributed by atoms with Crippen molar-refractivity contribution < 1.29 is 14.3 Å². The van der Waals surface area contributed by atoms with Crippen molar-refractivity contribution in [2.75, 3.05) is 13.1 Å². The summed E-state index contributed by atoms with van der Waals surface area (Å²) in [6.45, 7) is 1.09. The summed E-state index contributed by atoms with van der Waals surface area (Å²) in [4.78, 5) is 12.0. The summed E-state index contributed by atoms with van der Waals surface area (Å²) in [5.74, 6) is -0.185. The molecule has 1 aliphatic heterocycles. The molecule has 2 N–H and O–H groups in total. The Morgan fingerprint density at radius 3 is 2.94 bits per heavy atom. The van der Waals surface area contributed by atoms with E-state index in [2.05, 4.69) is 5.32 Å². The molecule has 1 saturated heterocycles. The maximum absolute atomic E-state index is 13.1. The molecule has 1 aromatic carbocycles. The van der Waals surface area contributed by atoms with E-state index >= 15 is 0 Å². The van der Waals surface area contributed by atoms with Crippen molar-refractivity contribution in [2.45, 2.75) is 24.9 Å². The van der Waals surface area contributed by atoms with E-state index in [9.17, 15) is 9.18 Å². The zero-order chi connectivity index (χ0) is 12.7. The second kappa shape index (κ2) is 4.24. The molecule has 1 amide bonds. The summed E-state index contributed by atoms with van der Waals surface area (Å²) < 4.78 is 13.1. The molecule has 0 aromatic heterocycles. The fourth-order valence-electron chi connectivity index (χ4n) is 2.78. The van der Waals surface area contributed by atoms with Crippen LogP contribution in [-0.4, -0.2) is 35.2 Å². The zero-order valence-corrected chi connectivity index (χ0v) is 9.90. The van der Waals surface area contributed by atoms with Gasteiger partial charge in [0.05, 0.1) is 0 Å². The van der Waals surface area contributed by atoms with Gasteiger partial charge in [0.1, 0.15) is 5.82 Å². The average Bonchev–Trinajstić information content (AvgIpc) is 2.64. The predicted octanol–water partition coefficient (Wildman–Crippen LogP) is 1.76. The van der Waals surface area contributed by atoms with Crippen LogP contribution in [0.1, 0.15) is 23.6 Å². The molecule has 96 valence electrons. The number of hydrogen-bond donors (Lipinski definition) is 2. The van der Waals surface area contributed by atoms with E-state index in [1.165, 1.54) is 11.0 Å². The number of nitrogens with one attached hydrogen (secondary N) is 1. The summed E-state index contributed by atoms with van der Waals surface area (Å²) in [6, 6.07) is 5.39. The normalized spacial score (nSPS) is 22.7. The van der Waals surface area contributed by atoms with Crippen LogP contribution in [-0.2, 0) is 6.42 Å². The molecular weight excluding hydrogens is 235 g/mol. The van der Waals surface area contributed by atoms with Crippen molar-refractivity contribution in [1.29, 1.82) is 0 Å². The van der Waals surface area contributed by atoms with Gasteiger partial charge >= 0.3 is 6.09 Å². The number of halogens is 1. The van der Waals surface area contributed by atoms with E-state index in [1.807, 2.05) is 6.07 Å². The Morgan fingerprint density at radius 1 is 1.44 bits per heavy atom. The molecule has 4 nitrogen and oxygen atoms in total. The van der Waals surface area contributed by atoms with Gasteiger partial charge in [-0.25, -0.2) is 9.18 Å². The van der Waals surface area contributed by atoms with Gasteiger partial charge in [0.25, 0.3) is 0 Å². The van der Waals surface area contributed by atoms with E-state index in [-0.39, 0.29) is 17.9 Å². The van der Waals surface area contributed by atoms with Crippen LogP contribution in [0.4, 0.5) is 9.18 Å². The van der Waals surface area contributed by atoms with Crippen molar-refractivity contribution in [3.8, 4) is 0 Å². The maximum Gasteiger partial charge on any atom is 0.407 e. The lowest BCUT2D eigenvalue weighted by Crippen LogP contribution is -2.59. The summed E-state index contributed by atoms with van der Waals surface area (Å²) >= 11 is 0. The third-order valence-electron chi connectivity index (χ3n) is 3.77. The predicted molar refractivity (Wildman–Crippen MR) is 64.0 cm³/mol. The van der Waals surface area contributed by atoms with Gasteiger partial charge in [-0.05, 0) is 36.1 Å². The molecule has 5 heteroatoms. The Hall–Kier alpha value is -1.62. The summed E-state index contributed by atoms with van der Waals surface area (Å²) in [6.07, 6.45) is 0.990. The zero-order valence-electron chi connectivity index (χ0n) is 9.90. The minimum absolute atomic E-state index is 0.185. The molecule has 1 aliphatic carbocycles. The molecule has 2 aliphatic rings. The smallest absolute Gasteiger partial charge is 0.407 e. The van der Waals surface area contributed by atoms with Crippen LogP contribution in [0.25, 0.3) is 0 Å². The van der Waals surface area contributed by atoms with E-state index < -0.39 is 6.09 Å². The number of benzene rings is 1. The van der Waals surface area contributed by atoms with Gasteiger partial charge in [0, 0.05) is 25.2 Å². The Kier molecular flexibility index (Phi) is 2.70. The van der Waals surface area contributed by atoms with Crippen molar-refractivity contribution in [3.63, 3.8) is 0 Å². The van der Waals surface area contributed by atoms with E-state index in [0.717, 1.165) is 24.0 Å². The van der Waals surface area contributed by atoms with Gasteiger partial charge in [0.15, 0.2) is 0 Å². The molecule has 0 spiro atoms. The third kappa shape index (κ3) is 1.95. The first-order valence-electron chi connectivity index (χ1n) is 6.16. The van der Waals surface area contributed by atoms with Crippen LogP contribution < -0.4 is 5.32 Å². The molecule has 0 bridgehead atoms. The van der Waals surface area contributed by atoms with Crippen LogP contribution >= 0.6 is 0 Å². The molecule has 1 aromatic rings. The Bertz CT molecular complexity index is 486. The second-order valence-corrected chi connectivity index (χ2v) is 4.99. The van der Waals surface area contributed by atoms with Crippen LogP contribution in [0, 0.1) is 5.82 Å². The quantitative estimate of drug-likeness (QED) is 0.841. The van der Waals surface area contributed by atoms with Crippen molar-refractivity contribution in [1.82, 2.24) is 10.2 Å². The highest BCUT2D eigenvalue weighted by atomic mass is 19.1. The Labute approximate surface area is 104 Å². The number of likely N-dealkylation sites (tertiary alicyclic amines) is 1. The Balaban J connectivity index is 1.62. The van der Waals surface area contributed by atoms with Gasteiger partial charge in [0.2, 0.25) is 0 Å². The first kappa shape index (κ1) is 11.5. The number of carboxylic acid groups (broad SMARTS) is 1. The van der Waals surface area contributed by atoms with E-state index in [4.69, 9.17) is 5.11 Å². The first-order valence-corrected chi connectivity index (χ1v) is 6.16. The molecule has 1 unspecified atom stereocenters. The lowest BCUT2D eigenvalue weighted by Gasteiger charge is -2.39. The number of fused-ring (bicyclic) bond motifs is 1. The summed E-state index contributed by atoms with van der Waals surface area (Å²) in [7, 11) is 0. The van der Waals surface area contributed by atoms with Crippen LogP contribution in [0.2, 0.25) is 0 Å². The van der Waals surface area contributed by atoms with Crippen LogP contribution in [0.15, 0.2) is 18.2 Å². The van der Waals surface area contributed by atoms with Crippen LogP contribution in [0.3, 0.4) is 0 Å². The molecule has 1 fully saturated rings. The number of aryl methyl sites for hydroxylation is 1. The van der Waals surface area contributed by atoms with Gasteiger partial charge < -0.3 is 15.3 Å². The molecule has 0 radical (unpaired) electrons. The maximum atomic E-state index is 13.1. The highest BCUT2D eigenvalue weighted by Crippen LogP contribution is 2.32. The second-order valence-electron chi connectivity index (χ2n) is 4.99. The first-order chi connectivity index (χ1) is 8.63. The van der Waals surface area contributed by atoms with Gasteiger partial charge in [-0.15, -0.1) is 0 Å². The third-order valence-corrected chi connectivity index (χ3v) is 3.77. The molecule has 18 heavy (non-hydrogen) atoms. The highest BCUT2D eigenvalue weighted by molar-refractivity contribution is 5.66. The van der Waals surface area contributed by atoms with Crippen molar-refractivity contribution >= 4 is 6.09 Å². The lowest BCUT2D eigenvalue weighted by atomic mass is 10.0. The van der Waals surface area contributed by atoms with Crippen molar-refractivity contribution in [2.24, 2.45) is 0 Å². The summed E-state index contributed by atoms with van der Waals surface area (Å²) in [5.41, 5.74) is 2.23. The molecule has 1 heterocycles. The number of carbonyl (C=O) groups is 1. The standard InChI is InChI=1S/C13H15FN2O2/c14-9-2-3-11-8(5-9)1-4-12(11)15-10-6-16(7-10)13(17)18/h2-3,5,10,12,15H,1,4,6-7H2,(H,17,18). The molecule has 3 rings (SSSR count). The number of hydrogen-bond acceptors (Lipinski definition) is 2. The largest absolute Gasteiger partial charge is 0.465 e. The molecule has 0 saturated carbocycles. The van der Waals surface area contributed by atoms with Gasteiger partial charge in [-0.2, -0.15) is 0 Å². The minimum Gasteiger partial charge on any atom is -0.465 e. The van der Waals surface area contributed by atoms with E-state index in [0.29, 0.717) is 13.1 Å².